The monoisotopic (exact) mass is 203 g/mol. The zero-order valence-corrected chi connectivity index (χ0v) is 7.54. The normalized spacial score (nSPS) is 11.2. The molecule has 71 valence electrons. The Bertz CT molecular complexity index is 409. The van der Waals surface area contributed by atoms with Gasteiger partial charge in [-0.2, -0.15) is 8.42 Å². The van der Waals surface area contributed by atoms with E-state index in [1.54, 1.807) is 0 Å². The van der Waals surface area contributed by atoms with Crippen LogP contribution in [0.25, 0.3) is 0 Å². The highest BCUT2D eigenvalue weighted by atomic mass is 32.2. The van der Waals surface area contributed by atoms with Gasteiger partial charge in [0.15, 0.2) is 0 Å². The van der Waals surface area contributed by atoms with Crippen molar-refractivity contribution < 1.29 is 22.8 Å². The summed E-state index contributed by atoms with van der Waals surface area (Å²) in [5.74, 6) is -0.372. The minimum atomic E-state index is -4.65. The van der Waals surface area contributed by atoms with Crippen LogP contribution in [0.4, 0.5) is 0 Å². The van der Waals surface area contributed by atoms with Crippen LogP contribution in [0, 0.1) is 0 Å². The predicted octanol–water partition coefficient (Wildman–Crippen LogP) is 0.520. The third-order valence-electron chi connectivity index (χ3n) is 1.44. The number of aromatic hydroxyl groups is 1. The first-order valence-corrected chi connectivity index (χ1v) is 4.69. The van der Waals surface area contributed by atoms with Crippen LogP contribution in [0.2, 0.25) is 0 Å². The number of benzene rings is 1. The van der Waals surface area contributed by atoms with E-state index in [0.29, 0.717) is 0 Å². The quantitative estimate of drug-likeness (QED) is 0.759. The molecule has 0 aromatic heterocycles. The van der Waals surface area contributed by atoms with E-state index in [-0.39, 0.29) is 5.75 Å². The van der Waals surface area contributed by atoms with E-state index in [2.05, 4.69) is 0 Å². The molecule has 0 aliphatic carbocycles. The van der Waals surface area contributed by atoms with Crippen molar-refractivity contribution in [3.05, 3.63) is 18.2 Å². The number of phenols is 1. The molecule has 0 heterocycles. The molecule has 1 radical (unpaired) electrons. The third-order valence-corrected chi connectivity index (χ3v) is 2.30. The second kappa shape index (κ2) is 3.23. The first-order valence-electron chi connectivity index (χ1n) is 3.28. The molecule has 0 saturated carbocycles. The largest absolute Gasteiger partial charge is 0.506 e. The molecule has 0 unspecified atom stereocenters. The summed E-state index contributed by atoms with van der Waals surface area (Å²) < 4.78 is 36.3. The first-order chi connectivity index (χ1) is 5.95. The molecule has 0 aliphatic heterocycles. The number of phenolic OH excluding ortho intramolecular Hbond substituents is 1. The second-order valence-electron chi connectivity index (χ2n) is 2.29. The summed E-state index contributed by atoms with van der Waals surface area (Å²) in [5.41, 5.74) is 0. The van der Waals surface area contributed by atoms with Gasteiger partial charge in [-0.3, -0.25) is 0 Å². The summed E-state index contributed by atoms with van der Waals surface area (Å²) in [4.78, 5) is -0.674. The standard InChI is InChI=1S/C7H7O5S/c1-12-5-2-3-6(8)7(4-5)13(9,10)11/h2-4,8H,1H3. The SMILES string of the molecule is COc1ccc(O)c(S([O])(=O)=O)c1. The molecule has 6 heteroatoms. The van der Waals surface area contributed by atoms with Crippen LogP contribution in [0.5, 0.6) is 11.5 Å². The Labute approximate surface area is 75.3 Å². The molecule has 1 aromatic rings. The third kappa shape index (κ3) is 2.10. The maximum absolute atomic E-state index is 10.6. The van der Waals surface area contributed by atoms with Crippen LogP contribution in [0.15, 0.2) is 23.1 Å². The Morgan fingerprint density at radius 3 is 2.46 bits per heavy atom. The van der Waals surface area contributed by atoms with Gasteiger partial charge in [0.1, 0.15) is 16.4 Å². The van der Waals surface area contributed by atoms with Gasteiger partial charge in [0.25, 0.3) is 0 Å². The maximum Gasteiger partial charge on any atom is 0.328 e. The topological polar surface area (TPSA) is 83.5 Å². The van der Waals surface area contributed by atoms with Crippen molar-refractivity contribution >= 4 is 10.1 Å². The van der Waals surface area contributed by atoms with Crippen LogP contribution in [-0.2, 0) is 14.7 Å². The van der Waals surface area contributed by atoms with Gasteiger partial charge < -0.3 is 9.84 Å². The lowest BCUT2D eigenvalue weighted by Crippen LogP contribution is -1.97. The first kappa shape index (κ1) is 9.82. The summed E-state index contributed by atoms with van der Waals surface area (Å²) in [6.07, 6.45) is 0. The maximum atomic E-state index is 10.6. The zero-order chi connectivity index (χ0) is 10.1. The van der Waals surface area contributed by atoms with E-state index in [1.807, 2.05) is 0 Å². The van der Waals surface area contributed by atoms with Gasteiger partial charge in [-0.15, -0.1) is 0 Å². The Hall–Kier alpha value is -1.27. The summed E-state index contributed by atoms with van der Waals surface area (Å²) in [5, 5.41) is 9.03. The highest BCUT2D eigenvalue weighted by Gasteiger charge is 2.17. The molecule has 0 bridgehead atoms. The number of methoxy groups -OCH3 is 1. The Kier molecular flexibility index (Phi) is 2.44. The van der Waals surface area contributed by atoms with Crippen LogP contribution in [0.1, 0.15) is 0 Å². The van der Waals surface area contributed by atoms with Gasteiger partial charge in [0.05, 0.1) is 7.11 Å². The lowest BCUT2D eigenvalue weighted by Gasteiger charge is -2.02. The summed E-state index contributed by atoms with van der Waals surface area (Å²) in [7, 11) is -3.32. The number of hydrogen-bond donors (Lipinski definition) is 1. The van der Waals surface area contributed by atoms with Crippen molar-refractivity contribution in [3.8, 4) is 11.5 Å². The van der Waals surface area contributed by atoms with Crippen molar-refractivity contribution in [3.63, 3.8) is 0 Å². The molecular weight excluding hydrogens is 196 g/mol. The molecular formula is C7H7O5S. The predicted molar refractivity (Wildman–Crippen MR) is 42.5 cm³/mol. The Balaban J connectivity index is 3.36. The fraction of sp³-hybridized carbons (Fsp3) is 0.143. The fourth-order valence-electron chi connectivity index (χ4n) is 0.822. The molecule has 0 fully saturated rings. The molecule has 13 heavy (non-hydrogen) atoms. The van der Waals surface area contributed by atoms with Crippen molar-refractivity contribution in [1.29, 1.82) is 0 Å². The van der Waals surface area contributed by atoms with Gasteiger partial charge in [0, 0.05) is 6.07 Å². The average molecular weight is 203 g/mol. The van der Waals surface area contributed by atoms with Gasteiger partial charge in [-0.05, 0) is 12.1 Å². The van der Waals surface area contributed by atoms with Crippen molar-refractivity contribution in [2.75, 3.05) is 7.11 Å². The van der Waals surface area contributed by atoms with E-state index in [4.69, 9.17) is 9.84 Å². The summed E-state index contributed by atoms with van der Waals surface area (Å²) in [6.45, 7) is 0. The number of hydrogen-bond acceptors (Lipinski definition) is 4. The van der Waals surface area contributed by atoms with E-state index < -0.39 is 20.8 Å². The molecule has 0 spiro atoms. The highest BCUT2D eigenvalue weighted by molar-refractivity contribution is 7.85. The van der Waals surface area contributed by atoms with Crippen LogP contribution >= 0.6 is 0 Å². The van der Waals surface area contributed by atoms with Crippen LogP contribution < -0.4 is 4.74 Å². The number of ether oxygens (including phenoxy) is 1. The van der Waals surface area contributed by atoms with Gasteiger partial charge >= 0.3 is 10.1 Å². The molecule has 1 rings (SSSR count). The molecule has 0 atom stereocenters. The van der Waals surface area contributed by atoms with E-state index >= 15 is 0 Å². The lowest BCUT2D eigenvalue weighted by molar-refractivity contribution is 0.393. The summed E-state index contributed by atoms with van der Waals surface area (Å²) in [6, 6.07) is 3.41. The minimum absolute atomic E-state index is 0.201. The van der Waals surface area contributed by atoms with E-state index in [0.717, 1.165) is 12.1 Å². The minimum Gasteiger partial charge on any atom is -0.506 e. The second-order valence-corrected chi connectivity index (χ2v) is 3.64. The van der Waals surface area contributed by atoms with Crippen molar-refractivity contribution in [1.82, 2.24) is 0 Å². The van der Waals surface area contributed by atoms with Crippen LogP contribution in [-0.4, -0.2) is 20.6 Å². The zero-order valence-electron chi connectivity index (χ0n) is 6.72. The average Bonchev–Trinajstić information content (AvgIpc) is 2.03. The molecule has 0 saturated heterocycles. The Morgan fingerprint density at radius 2 is 2.00 bits per heavy atom. The molecule has 0 aliphatic rings. The molecule has 1 aromatic carbocycles. The molecule has 5 nitrogen and oxygen atoms in total. The fourth-order valence-corrected chi connectivity index (χ4v) is 1.41. The molecule has 0 amide bonds. The van der Waals surface area contributed by atoms with E-state index in [1.165, 1.54) is 13.2 Å². The molecule has 1 N–H and O–H groups in total. The van der Waals surface area contributed by atoms with Crippen molar-refractivity contribution in [2.45, 2.75) is 4.90 Å². The van der Waals surface area contributed by atoms with Gasteiger partial charge in [-0.1, -0.05) is 4.55 Å². The van der Waals surface area contributed by atoms with Gasteiger partial charge in [-0.25, -0.2) is 0 Å². The summed E-state index contributed by atoms with van der Waals surface area (Å²) >= 11 is 0. The number of rotatable bonds is 2. The van der Waals surface area contributed by atoms with E-state index in [9.17, 15) is 13.0 Å². The van der Waals surface area contributed by atoms with Crippen LogP contribution in [0.3, 0.4) is 0 Å². The Morgan fingerprint density at radius 1 is 1.38 bits per heavy atom. The van der Waals surface area contributed by atoms with Gasteiger partial charge in [0.2, 0.25) is 0 Å². The smallest absolute Gasteiger partial charge is 0.328 e. The highest BCUT2D eigenvalue weighted by Crippen LogP contribution is 2.26. The lowest BCUT2D eigenvalue weighted by atomic mass is 10.3. The van der Waals surface area contributed by atoms with Crippen molar-refractivity contribution in [2.24, 2.45) is 0 Å².